The van der Waals surface area contributed by atoms with Gasteiger partial charge in [-0.1, -0.05) is 68.5 Å². The highest BCUT2D eigenvalue weighted by Gasteiger charge is 2.18. The summed E-state index contributed by atoms with van der Waals surface area (Å²) in [6.45, 7) is 2.17. The fourth-order valence-electron chi connectivity index (χ4n) is 2.79. The molecule has 0 amide bonds. The van der Waals surface area contributed by atoms with Gasteiger partial charge in [-0.2, -0.15) is 0 Å². The van der Waals surface area contributed by atoms with Crippen molar-refractivity contribution in [3.63, 3.8) is 0 Å². The number of hydrogen-bond donors (Lipinski definition) is 1. The number of nitrogens with two attached hydrogens (primary N) is 1. The lowest BCUT2D eigenvalue weighted by atomic mass is 10.0. The average Bonchev–Trinajstić information content (AvgIpc) is 2.45. The van der Waals surface area contributed by atoms with E-state index in [0.29, 0.717) is 10.4 Å². The van der Waals surface area contributed by atoms with Crippen molar-refractivity contribution < 1.29 is 8.42 Å². The zero-order valence-corrected chi connectivity index (χ0v) is 14.4. The molecule has 0 aromatic heterocycles. The van der Waals surface area contributed by atoms with Crippen LogP contribution in [-0.2, 0) is 16.4 Å². The van der Waals surface area contributed by atoms with Crippen molar-refractivity contribution in [2.75, 3.05) is 0 Å². The zero-order valence-electron chi connectivity index (χ0n) is 12.8. The number of unbranched alkanes of at least 4 members (excludes halogenated alkanes) is 4. The Balaban J connectivity index is 2.38. The molecule has 2 aromatic carbocycles. The summed E-state index contributed by atoms with van der Waals surface area (Å²) < 4.78 is 24.1. The summed E-state index contributed by atoms with van der Waals surface area (Å²) in [5.74, 6) is 0. The van der Waals surface area contributed by atoms with Crippen molar-refractivity contribution in [3.8, 4) is 0 Å². The third kappa shape index (κ3) is 4.00. The van der Waals surface area contributed by atoms with Gasteiger partial charge in [-0.3, -0.25) is 0 Å². The normalized spacial score (nSPS) is 12.0. The summed E-state index contributed by atoms with van der Waals surface area (Å²) in [5.41, 5.74) is 0.786. The van der Waals surface area contributed by atoms with Gasteiger partial charge in [-0.25, -0.2) is 13.6 Å². The van der Waals surface area contributed by atoms with E-state index >= 15 is 0 Å². The fourth-order valence-corrected chi connectivity index (χ4v) is 4.05. The molecule has 0 saturated heterocycles. The maximum Gasteiger partial charge on any atom is 0.238 e. The van der Waals surface area contributed by atoms with E-state index in [4.69, 9.17) is 16.7 Å². The van der Waals surface area contributed by atoms with E-state index in [1.165, 1.54) is 19.3 Å². The van der Waals surface area contributed by atoms with Gasteiger partial charge in [-0.05, 0) is 24.5 Å². The standard InChI is InChI=1S/C17H22ClNO2S/c1-2-3-4-5-6-8-13-11-12-14-15(9-7-10-16(14)18)17(13)22(19,20)21/h7,9-12H,2-6,8H2,1H3,(H2,19,20,21). The maximum absolute atomic E-state index is 12.0. The molecule has 0 radical (unpaired) electrons. The van der Waals surface area contributed by atoms with Gasteiger partial charge in [0.25, 0.3) is 0 Å². The molecule has 120 valence electrons. The number of benzene rings is 2. The molecule has 0 bridgehead atoms. The van der Waals surface area contributed by atoms with Crippen LogP contribution in [0.4, 0.5) is 0 Å². The highest BCUT2D eigenvalue weighted by Crippen LogP contribution is 2.31. The van der Waals surface area contributed by atoms with Crippen molar-refractivity contribution in [1.29, 1.82) is 0 Å². The lowest BCUT2D eigenvalue weighted by Crippen LogP contribution is -2.15. The Bertz CT molecular complexity index is 757. The summed E-state index contributed by atoms with van der Waals surface area (Å²) in [6.07, 6.45) is 6.38. The van der Waals surface area contributed by atoms with Gasteiger partial charge in [0.15, 0.2) is 0 Å². The smallest absolute Gasteiger partial charge is 0.225 e. The van der Waals surface area contributed by atoms with Crippen molar-refractivity contribution in [1.82, 2.24) is 0 Å². The van der Waals surface area contributed by atoms with E-state index in [1.54, 1.807) is 18.2 Å². The first-order valence-corrected chi connectivity index (χ1v) is 9.60. The monoisotopic (exact) mass is 339 g/mol. The minimum atomic E-state index is -3.78. The van der Waals surface area contributed by atoms with Crippen LogP contribution in [0, 0.1) is 0 Å². The Labute approximate surface area is 137 Å². The summed E-state index contributed by atoms with van der Waals surface area (Å²) in [5, 5.41) is 7.33. The van der Waals surface area contributed by atoms with E-state index in [-0.39, 0.29) is 4.90 Å². The quantitative estimate of drug-likeness (QED) is 0.746. The van der Waals surface area contributed by atoms with E-state index in [9.17, 15) is 8.42 Å². The number of hydrogen-bond acceptors (Lipinski definition) is 2. The van der Waals surface area contributed by atoms with Crippen molar-refractivity contribution >= 4 is 32.4 Å². The lowest BCUT2D eigenvalue weighted by molar-refractivity contribution is 0.595. The Kier molecular flexibility index (Phi) is 5.84. The van der Waals surface area contributed by atoms with Crippen LogP contribution in [0.15, 0.2) is 35.2 Å². The molecule has 0 unspecified atom stereocenters. The van der Waals surface area contributed by atoms with Crippen LogP contribution in [0.3, 0.4) is 0 Å². The topological polar surface area (TPSA) is 60.2 Å². The molecule has 3 nitrogen and oxygen atoms in total. The second kappa shape index (κ2) is 7.44. The summed E-state index contributed by atoms with van der Waals surface area (Å²) in [6, 6.07) is 8.99. The Morgan fingerprint density at radius 2 is 1.73 bits per heavy atom. The van der Waals surface area contributed by atoms with Crippen molar-refractivity contribution in [2.24, 2.45) is 5.14 Å². The van der Waals surface area contributed by atoms with Crippen LogP contribution in [-0.4, -0.2) is 8.42 Å². The number of aryl methyl sites for hydroxylation is 1. The highest BCUT2D eigenvalue weighted by atomic mass is 35.5. The number of halogens is 1. The summed E-state index contributed by atoms with van der Waals surface area (Å²) >= 11 is 6.16. The Morgan fingerprint density at radius 3 is 2.41 bits per heavy atom. The van der Waals surface area contributed by atoms with E-state index in [2.05, 4.69) is 6.92 Å². The SMILES string of the molecule is CCCCCCCc1ccc2c(Cl)cccc2c1S(N)(=O)=O. The van der Waals surface area contributed by atoms with Gasteiger partial charge in [0.2, 0.25) is 10.0 Å². The molecule has 0 aliphatic rings. The molecule has 0 atom stereocenters. The maximum atomic E-state index is 12.0. The molecule has 2 N–H and O–H groups in total. The lowest BCUT2D eigenvalue weighted by Gasteiger charge is -2.12. The third-order valence-corrected chi connectivity index (χ3v) is 5.26. The van der Waals surface area contributed by atoms with Crippen LogP contribution >= 0.6 is 11.6 Å². The number of fused-ring (bicyclic) bond motifs is 1. The molecule has 2 aromatic rings. The zero-order chi connectivity index (χ0) is 16.2. The molecular weight excluding hydrogens is 318 g/mol. The van der Waals surface area contributed by atoms with E-state index in [0.717, 1.165) is 30.2 Å². The van der Waals surface area contributed by atoms with E-state index < -0.39 is 10.0 Å². The van der Waals surface area contributed by atoms with Gasteiger partial charge in [0.05, 0.1) is 4.90 Å². The first kappa shape index (κ1) is 17.3. The molecule has 2 rings (SSSR count). The molecule has 0 saturated carbocycles. The van der Waals surface area contributed by atoms with Crippen molar-refractivity contribution in [2.45, 2.75) is 50.3 Å². The number of primary sulfonamides is 1. The molecule has 0 aliphatic heterocycles. The largest absolute Gasteiger partial charge is 0.238 e. The van der Waals surface area contributed by atoms with Gasteiger partial charge >= 0.3 is 0 Å². The number of rotatable bonds is 7. The minimum Gasteiger partial charge on any atom is -0.225 e. The van der Waals surface area contributed by atoms with Crippen LogP contribution in [0.5, 0.6) is 0 Å². The first-order chi connectivity index (χ1) is 10.4. The average molecular weight is 340 g/mol. The molecule has 0 heterocycles. The van der Waals surface area contributed by atoms with Gasteiger partial charge < -0.3 is 0 Å². The van der Waals surface area contributed by atoms with Gasteiger partial charge in [-0.15, -0.1) is 0 Å². The Morgan fingerprint density at radius 1 is 1.00 bits per heavy atom. The second-order valence-electron chi connectivity index (χ2n) is 5.60. The second-order valence-corrected chi connectivity index (χ2v) is 7.50. The van der Waals surface area contributed by atoms with E-state index in [1.807, 2.05) is 12.1 Å². The predicted octanol–water partition coefficient (Wildman–Crippen LogP) is 4.65. The fraction of sp³-hybridized carbons (Fsp3) is 0.412. The summed E-state index contributed by atoms with van der Waals surface area (Å²) in [4.78, 5) is 0.225. The highest BCUT2D eigenvalue weighted by molar-refractivity contribution is 7.89. The van der Waals surface area contributed by atoms with Crippen LogP contribution in [0.2, 0.25) is 5.02 Å². The predicted molar refractivity (Wildman–Crippen MR) is 92.8 cm³/mol. The first-order valence-electron chi connectivity index (χ1n) is 7.68. The molecule has 5 heteroatoms. The van der Waals surface area contributed by atoms with Gasteiger partial charge in [0.1, 0.15) is 0 Å². The Hall–Kier alpha value is -1.10. The molecular formula is C17H22ClNO2S. The molecule has 0 aliphatic carbocycles. The molecule has 22 heavy (non-hydrogen) atoms. The molecule has 0 fully saturated rings. The third-order valence-electron chi connectivity index (χ3n) is 3.87. The summed E-state index contributed by atoms with van der Waals surface area (Å²) in [7, 11) is -3.78. The molecule has 0 spiro atoms. The minimum absolute atomic E-state index is 0.225. The van der Waals surface area contributed by atoms with Gasteiger partial charge in [0, 0.05) is 15.8 Å². The number of sulfonamides is 1. The van der Waals surface area contributed by atoms with Crippen molar-refractivity contribution in [3.05, 3.63) is 40.9 Å². The van der Waals surface area contributed by atoms with Crippen LogP contribution in [0.25, 0.3) is 10.8 Å². The van der Waals surface area contributed by atoms with Crippen LogP contribution < -0.4 is 5.14 Å². The van der Waals surface area contributed by atoms with Crippen LogP contribution in [0.1, 0.15) is 44.6 Å².